The van der Waals surface area contributed by atoms with Crippen molar-refractivity contribution in [2.24, 2.45) is 5.92 Å². The molecular formula is C19H19NO2. The summed E-state index contributed by atoms with van der Waals surface area (Å²) in [6, 6.07) is 17.8. The number of fused-ring (bicyclic) bond motifs is 1. The molecule has 22 heavy (non-hydrogen) atoms. The topological polar surface area (TPSA) is 42.1 Å². The van der Waals surface area contributed by atoms with Gasteiger partial charge < -0.3 is 9.72 Å². The minimum absolute atomic E-state index is 0.0122. The summed E-state index contributed by atoms with van der Waals surface area (Å²) >= 11 is 0. The van der Waals surface area contributed by atoms with Gasteiger partial charge in [0.25, 0.3) is 0 Å². The number of carbonyl (C=O) groups is 1. The van der Waals surface area contributed by atoms with Crippen LogP contribution < -0.4 is 4.74 Å². The molecule has 3 aromatic rings. The van der Waals surface area contributed by atoms with E-state index in [9.17, 15) is 4.79 Å². The third-order valence-corrected chi connectivity index (χ3v) is 3.63. The molecule has 0 fully saturated rings. The maximum Gasteiger partial charge on any atom is 0.181 e. The Morgan fingerprint density at radius 2 is 1.86 bits per heavy atom. The molecular weight excluding hydrogens is 274 g/mol. The molecule has 1 aromatic heterocycles. The monoisotopic (exact) mass is 293 g/mol. The highest BCUT2D eigenvalue weighted by Crippen LogP contribution is 2.23. The molecule has 1 heterocycles. The second-order valence-electron chi connectivity index (χ2n) is 5.73. The number of benzene rings is 2. The van der Waals surface area contributed by atoms with Crippen molar-refractivity contribution >= 4 is 16.7 Å². The Hall–Kier alpha value is -2.55. The SMILES string of the molecule is CC(C)C(=O)c1cc2cc(OCc3ccccc3)ccc2[nH]1. The van der Waals surface area contributed by atoms with Crippen LogP contribution in [0.15, 0.2) is 54.6 Å². The molecule has 0 bridgehead atoms. The number of ether oxygens (including phenoxy) is 1. The van der Waals surface area contributed by atoms with Gasteiger partial charge >= 0.3 is 0 Å². The average molecular weight is 293 g/mol. The molecule has 1 N–H and O–H groups in total. The zero-order valence-corrected chi connectivity index (χ0v) is 12.8. The van der Waals surface area contributed by atoms with E-state index >= 15 is 0 Å². The van der Waals surface area contributed by atoms with E-state index in [1.165, 1.54) is 0 Å². The minimum atomic E-state index is -0.0122. The molecule has 0 aliphatic carbocycles. The van der Waals surface area contributed by atoms with Gasteiger partial charge in [-0.15, -0.1) is 0 Å². The first-order valence-corrected chi connectivity index (χ1v) is 7.47. The number of hydrogen-bond acceptors (Lipinski definition) is 2. The van der Waals surface area contributed by atoms with Crippen LogP contribution in [0.4, 0.5) is 0 Å². The van der Waals surface area contributed by atoms with Crippen LogP contribution >= 0.6 is 0 Å². The van der Waals surface area contributed by atoms with Crippen LogP contribution in [0, 0.1) is 5.92 Å². The normalized spacial score (nSPS) is 11.0. The highest BCUT2D eigenvalue weighted by molar-refractivity contribution is 6.00. The summed E-state index contributed by atoms with van der Waals surface area (Å²) in [6.07, 6.45) is 0. The van der Waals surface area contributed by atoms with E-state index in [1.54, 1.807) is 0 Å². The van der Waals surface area contributed by atoms with E-state index in [0.717, 1.165) is 22.2 Å². The molecule has 3 rings (SSSR count). The highest BCUT2D eigenvalue weighted by Gasteiger charge is 2.13. The zero-order valence-electron chi connectivity index (χ0n) is 12.8. The van der Waals surface area contributed by atoms with Gasteiger partial charge in [-0.25, -0.2) is 0 Å². The fraction of sp³-hybridized carbons (Fsp3) is 0.211. The Kier molecular flexibility index (Phi) is 3.96. The number of H-pyrrole nitrogens is 1. The first-order valence-electron chi connectivity index (χ1n) is 7.47. The number of hydrogen-bond donors (Lipinski definition) is 1. The molecule has 0 saturated carbocycles. The summed E-state index contributed by atoms with van der Waals surface area (Å²) in [7, 11) is 0. The Bertz CT molecular complexity index is 788. The molecule has 0 amide bonds. The quantitative estimate of drug-likeness (QED) is 0.699. The first kappa shape index (κ1) is 14.4. The van der Waals surface area contributed by atoms with Crippen molar-refractivity contribution in [2.75, 3.05) is 0 Å². The molecule has 0 unspecified atom stereocenters. The third kappa shape index (κ3) is 3.03. The molecule has 0 aliphatic heterocycles. The maximum absolute atomic E-state index is 12.0. The largest absolute Gasteiger partial charge is 0.489 e. The number of Topliss-reactive ketones (excluding diaryl/α,β-unsaturated/α-hetero) is 1. The fourth-order valence-corrected chi connectivity index (χ4v) is 2.39. The number of ketones is 1. The van der Waals surface area contributed by atoms with E-state index in [2.05, 4.69) is 4.98 Å². The van der Waals surface area contributed by atoms with Crippen LogP contribution in [0.5, 0.6) is 5.75 Å². The van der Waals surface area contributed by atoms with Crippen LogP contribution in [0.2, 0.25) is 0 Å². The second-order valence-corrected chi connectivity index (χ2v) is 5.73. The third-order valence-electron chi connectivity index (χ3n) is 3.63. The number of rotatable bonds is 5. The van der Waals surface area contributed by atoms with Crippen molar-refractivity contribution in [3.63, 3.8) is 0 Å². The molecule has 112 valence electrons. The molecule has 0 aliphatic rings. The second kappa shape index (κ2) is 6.06. The first-order chi connectivity index (χ1) is 10.6. The van der Waals surface area contributed by atoms with Crippen molar-refractivity contribution in [3.05, 3.63) is 65.9 Å². The fourth-order valence-electron chi connectivity index (χ4n) is 2.39. The van der Waals surface area contributed by atoms with Crippen LogP contribution in [-0.4, -0.2) is 10.8 Å². The lowest BCUT2D eigenvalue weighted by Crippen LogP contribution is -2.07. The molecule has 3 heteroatoms. The molecule has 3 nitrogen and oxygen atoms in total. The van der Waals surface area contributed by atoms with Crippen molar-refractivity contribution in [2.45, 2.75) is 20.5 Å². The summed E-state index contributed by atoms with van der Waals surface area (Å²) in [5.41, 5.74) is 2.74. The number of aromatic nitrogens is 1. The molecule has 0 spiro atoms. The van der Waals surface area contributed by atoms with Crippen molar-refractivity contribution in [3.8, 4) is 5.75 Å². The predicted molar refractivity (Wildman–Crippen MR) is 88.2 cm³/mol. The van der Waals surface area contributed by atoms with Gasteiger partial charge in [-0.3, -0.25) is 4.79 Å². The molecule has 2 aromatic carbocycles. The van der Waals surface area contributed by atoms with E-state index < -0.39 is 0 Å². The van der Waals surface area contributed by atoms with E-state index in [1.807, 2.05) is 68.4 Å². The van der Waals surface area contributed by atoms with Crippen molar-refractivity contribution in [1.82, 2.24) is 4.98 Å². The van der Waals surface area contributed by atoms with Crippen molar-refractivity contribution in [1.29, 1.82) is 0 Å². The van der Waals surface area contributed by atoms with E-state index in [0.29, 0.717) is 12.3 Å². The predicted octanol–water partition coefficient (Wildman–Crippen LogP) is 4.59. The van der Waals surface area contributed by atoms with E-state index in [-0.39, 0.29) is 11.7 Å². The number of aromatic amines is 1. The van der Waals surface area contributed by atoms with Gasteiger partial charge in [-0.2, -0.15) is 0 Å². The highest BCUT2D eigenvalue weighted by atomic mass is 16.5. The minimum Gasteiger partial charge on any atom is -0.489 e. The lowest BCUT2D eigenvalue weighted by atomic mass is 10.1. The summed E-state index contributed by atoms with van der Waals surface area (Å²) < 4.78 is 5.82. The van der Waals surface area contributed by atoms with Crippen LogP contribution in [0.25, 0.3) is 10.9 Å². The molecule has 0 atom stereocenters. The van der Waals surface area contributed by atoms with Gasteiger partial charge in [0.15, 0.2) is 5.78 Å². The van der Waals surface area contributed by atoms with Gasteiger partial charge in [0.1, 0.15) is 12.4 Å². The summed E-state index contributed by atoms with van der Waals surface area (Å²) in [5.74, 6) is 0.920. The standard InChI is InChI=1S/C19H19NO2/c1-13(2)19(21)18-11-15-10-16(8-9-17(15)20-18)22-12-14-6-4-3-5-7-14/h3-11,13,20H,12H2,1-2H3. The van der Waals surface area contributed by atoms with Gasteiger partial charge in [0, 0.05) is 16.8 Å². The zero-order chi connectivity index (χ0) is 15.5. The Morgan fingerprint density at radius 3 is 2.59 bits per heavy atom. The van der Waals surface area contributed by atoms with Crippen molar-refractivity contribution < 1.29 is 9.53 Å². The van der Waals surface area contributed by atoms with Crippen LogP contribution in [0.3, 0.4) is 0 Å². The summed E-state index contributed by atoms with van der Waals surface area (Å²) in [6.45, 7) is 4.35. The average Bonchev–Trinajstić information content (AvgIpc) is 2.96. The maximum atomic E-state index is 12.0. The number of nitrogens with one attached hydrogen (secondary N) is 1. The van der Waals surface area contributed by atoms with Gasteiger partial charge in [0.05, 0.1) is 5.69 Å². The van der Waals surface area contributed by atoms with Crippen LogP contribution in [-0.2, 0) is 6.61 Å². The van der Waals surface area contributed by atoms with Gasteiger partial charge in [-0.1, -0.05) is 44.2 Å². The molecule has 0 radical (unpaired) electrons. The Labute approximate surface area is 129 Å². The lowest BCUT2D eigenvalue weighted by molar-refractivity contribution is 0.0935. The number of carbonyl (C=O) groups excluding carboxylic acids is 1. The molecule has 0 saturated heterocycles. The lowest BCUT2D eigenvalue weighted by Gasteiger charge is -2.06. The Balaban J connectivity index is 1.79. The van der Waals surface area contributed by atoms with Gasteiger partial charge in [0.2, 0.25) is 0 Å². The van der Waals surface area contributed by atoms with E-state index in [4.69, 9.17) is 4.74 Å². The summed E-state index contributed by atoms with van der Waals surface area (Å²) in [5, 5.41) is 0.995. The van der Waals surface area contributed by atoms with Gasteiger partial charge in [-0.05, 0) is 29.8 Å². The Morgan fingerprint density at radius 1 is 1.09 bits per heavy atom. The smallest absolute Gasteiger partial charge is 0.181 e. The van der Waals surface area contributed by atoms with Crippen LogP contribution in [0.1, 0.15) is 29.9 Å². The summed E-state index contributed by atoms with van der Waals surface area (Å²) in [4.78, 5) is 15.2.